The minimum atomic E-state index is -4.62. The molecule has 338 valence electrons. The number of nitrogens with zero attached hydrogens (tertiary/aromatic N) is 1. The van der Waals surface area contributed by atoms with Crippen LogP contribution in [-0.4, -0.2) is 45.2 Å². The van der Waals surface area contributed by atoms with E-state index in [0.29, 0.717) is 56.1 Å². The quantitative estimate of drug-likeness (QED) is 0.0991. The van der Waals surface area contributed by atoms with Gasteiger partial charge < -0.3 is 24.8 Å². The topological polar surface area (TPSA) is 103 Å². The summed E-state index contributed by atoms with van der Waals surface area (Å²) in [6, 6.07) is 34.6. The number of carbonyl (C=O) groups is 2. The highest BCUT2D eigenvalue weighted by molar-refractivity contribution is 6.33. The molecule has 1 heterocycles. The molecule has 0 saturated heterocycles. The number of ketones is 1. The van der Waals surface area contributed by atoms with Gasteiger partial charge in [-0.05, 0) is 134 Å². The van der Waals surface area contributed by atoms with E-state index in [4.69, 9.17) is 16.0 Å². The number of fused-ring (bicyclic) bond motifs is 9. The van der Waals surface area contributed by atoms with Gasteiger partial charge in [0, 0.05) is 23.1 Å². The monoisotopic (exact) mass is 902 g/mol. The molecule has 3 aliphatic carbocycles. The zero-order chi connectivity index (χ0) is 46.1. The molecule has 5 atom stereocenters. The van der Waals surface area contributed by atoms with Crippen LogP contribution in [0.5, 0.6) is 0 Å². The highest BCUT2D eigenvalue weighted by Gasteiger charge is 2.58. The summed E-state index contributed by atoms with van der Waals surface area (Å²) in [4.78, 5) is 31.2. The Balaban J connectivity index is 1.19. The van der Waals surface area contributed by atoms with Gasteiger partial charge in [0.05, 0.1) is 34.9 Å². The van der Waals surface area contributed by atoms with Crippen molar-refractivity contribution in [2.24, 2.45) is 5.41 Å². The van der Waals surface area contributed by atoms with Crippen LogP contribution in [0.25, 0.3) is 22.1 Å². The first-order valence-corrected chi connectivity index (χ1v) is 22.7. The molecule has 65 heavy (non-hydrogen) atoms. The molecule has 5 aromatic carbocycles. The third-order valence-electron chi connectivity index (χ3n) is 13.9. The fraction of sp³-hybridized carbons (Fsp3) is 0.333. The number of aliphatic hydroxyl groups excluding tert-OH is 1. The van der Waals surface area contributed by atoms with Gasteiger partial charge in [0.2, 0.25) is 5.78 Å². The Morgan fingerprint density at radius 3 is 2.46 bits per heavy atom. The smallest absolute Gasteiger partial charge is 0.416 e. The molecule has 9 rings (SSSR count). The lowest BCUT2D eigenvalue weighted by atomic mass is 9.64. The first kappa shape index (κ1) is 45.9. The van der Waals surface area contributed by atoms with Crippen molar-refractivity contribution >= 4 is 34.2 Å². The second-order valence-corrected chi connectivity index (χ2v) is 18.6. The van der Waals surface area contributed by atoms with Crippen LogP contribution < -0.4 is 5.32 Å². The van der Waals surface area contributed by atoms with Gasteiger partial charge in [0.15, 0.2) is 5.76 Å². The maximum absolute atomic E-state index is 14.8. The van der Waals surface area contributed by atoms with Gasteiger partial charge in [-0.2, -0.15) is 13.2 Å². The fourth-order valence-corrected chi connectivity index (χ4v) is 10.3. The van der Waals surface area contributed by atoms with Crippen molar-refractivity contribution in [3.63, 3.8) is 0 Å². The van der Waals surface area contributed by atoms with Crippen LogP contribution in [0.2, 0.25) is 5.02 Å². The van der Waals surface area contributed by atoms with E-state index in [0.717, 1.165) is 51.2 Å². The van der Waals surface area contributed by atoms with E-state index < -0.39 is 34.6 Å². The molecule has 1 saturated carbocycles. The Hall–Kier alpha value is -5.68. The molecule has 0 unspecified atom stereocenters. The highest BCUT2D eigenvalue weighted by Crippen LogP contribution is 2.59. The lowest BCUT2D eigenvalue weighted by molar-refractivity contribution is -0.137. The summed E-state index contributed by atoms with van der Waals surface area (Å²) < 4.78 is 47.2. The Kier molecular flexibility index (Phi) is 13.2. The number of hydrogen-bond donors (Lipinski definition) is 3. The number of halogens is 4. The Morgan fingerprint density at radius 1 is 0.923 bits per heavy atom. The third kappa shape index (κ3) is 9.67. The standard InChI is InChI=1S/C54H54ClF3N2O5/c1-34-11-10-27-52(3)46(26-28-53(52,64)33-60(51(63)59-35(2)37-12-5-4-6-13-37)32-39-16-9-15-38-14-7-8-17-42(38)39)43-22-19-36(29-41(61)21-18-34)30-44(43)50(62)49-25-24-48(65-49)45-31-40(54(56,57)58)20-23-47(45)55/h4-9,11-17,19-20,22-25,30-31,35,41,46,61,64H,10,18,21,26-29,32-33H2,1-3H3,(H,59,63)/t35-,41+,46+,52+,53-/m1/s1. The second kappa shape index (κ2) is 18.7. The highest BCUT2D eigenvalue weighted by atomic mass is 35.5. The molecular weight excluding hydrogens is 849 g/mol. The molecule has 0 radical (unpaired) electrons. The number of alkyl halides is 3. The average molecular weight is 903 g/mol. The lowest BCUT2D eigenvalue weighted by Crippen LogP contribution is -2.55. The van der Waals surface area contributed by atoms with E-state index in [1.807, 2.05) is 91.9 Å². The number of furan rings is 1. The zero-order valence-electron chi connectivity index (χ0n) is 36.8. The van der Waals surface area contributed by atoms with E-state index >= 15 is 0 Å². The zero-order valence-corrected chi connectivity index (χ0v) is 37.6. The Morgan fingerprint density at radius 2 is 1.68 bits per heavy atom. The number of benzene rings is 5. The van der Waals surface area contributed by atoms with Crippen molar-refractivity contribution in [3.05, 3.63) is 177 Å². The van der Waals surface area contributed by atoms with Crippen molar-refractivity contribution in [1.82, 2.24) is 10.2 Å². The van der Waals surface area contributed by atoms with Crippen molar-refractivity contribution in [2.45, 2.75) is 102 Å². The number of rotatable bonds is 9. The number of carbonyl (C=O) groups excluding carboxylic acids is 2. The summed E-state index contributed by atoms with van der Waals surface area (Å²) in [5.74, 6) is -0.945. The molecule has 7 nitrogen and oxygen atoms in total. The molecular formula is C54H54ClF3N2O5. The minimum absolute atomic E-state index is 0.000807. The van der Waals surface area contributed by atoms with Crippen LogP contribution in [0.15, 0.2) is 137 Å². The Labute approximate surface area is 382 Å². The van der Waals surface area contributed by atoms with E-state index in [9.17, 15) is 33.0 Å². The minimum Gasteiger partial charge on any atom is -0.453 e. The summed E-state index contributed by atoms with van der Waals surface area (Å²) in [6.45, 7) is 6.29. The van der Waals surface area contributed by atoms with E-state index in [1.165, 1.54) is 12.1 Å². The summed E-state index contributed by atoms with van der Waals surface area (Å²) >= 11 is 6.38. The summed E-state index contributed by atoms with van der Waals surface area (Å²) in [5.41, 5.74) is 1.53. The first-order valence-electron chi connectivity index (χ1n) is 22.3. The van der Waals surface area contributed by atoms with Crippen LogP contribution in [0.1, 0.15) is 115 Å². The van der Waals surface area contributed by atoms with E-state index in [2.05, 4.69) is 25.2 Å². The van der Waals surface area contributed by atoms with Gasteiger partial charge in [-0.15, -0.1) is 0 Å². The molecule has 2 amide bonds. The van der Waals surface area contributed by atoms with Gasteiger partial charge >= 0.3 is 12.2 Å². The average Bonchev–Trinajstić information content (AvgIpc) is 3.87. The van der Waals surface area contributed by atoms with Gasteiger partial charge in [-0.1, -0.05) is 115 Å². The van der Waals surface area contributed by atoms with Crippen molar-refractivity contribution in [1.29, 1.82) is 0 Å². The van der Waals surface area contributed by atoms with E-state index in [1.54, 1.807) is 11.0 Å². The van der Waals surface area contributed by atoms with Crippen molar-refractivity contribution in [2.75, 3.05) is 6.54 Å². The Bertz CT molecular complexity index is 2730. The first-order chi connectivity index (χ1) is 31.0. The third-order valence-corrected chi connectivity index (χ3v) is 14.3. The van der Waals surface area contributed by atoms with Crippen molar-refractivity contribution < 1.29 is 37.4 Å². The molecule has 3 N–H and O–H groups in total. The summed E-state index contributed by atoms with van der Waals surface area (Å²) in [5, 5.41) is 29.8. The normalized spacial score (nSPS) is 21.9. The predicted molar refractivity (Wildman–Crippen MR) is 249 cm³/mol. The van der Waals surface area contributed by atoms with Crippen LogP contribution in [0.4, 0.5) is 18.0 Å². The summed E-state index contributed by atoms with van der Waals surface area (Å²) in [7, 11) is 0. The van der Waals surface area contributed by atoms with Crippen LogP contribution >= 0.6 is 11.6 Å². The van der Waals surface area contributed by atoms with Gasteiger partial charge in [0.25, 0.3) is 0 Å². The maximum Gasteiger partial charge on any atom is 0.416 e. The van der Waals surface area contributed by atoms with Gasteiger partial charge in [0.1, 0.15) is 5.76 Å². The molecule has 6 aromatic rings. The number of hydrogen-bond acceptors (Lipinski definition) is 5. The lowest BCUT2D eigenvalue weighted by Gasteiger charge is -2.46. The SMILES string of the molecule is CC1=CCC[C@@]2(C)[C@@H](CC[C@@]2(O)CN(Cc2cccc3ccccc23)C(=O)N[C@H](C)c2ccccc2)c2ccc(cc2C(=O)c2ccc(-c3cc(C(F)(F)F)ccc3Cl)o2)C[C@@H](O)CC1. The molecule has 1 fully saturated rings. The van der Waals surface area contributed by atoms with E-state index in [-0.39, 0.29) is 53.2 Å². The van der Waals surface area contributed by atoms with Crippen LogP contribution in [-0.2, 0) is 19.1 Å². The molecule has 1 aromatic heterocycles. The van der Waals surface area contributed by atoms with Gasteiger partial charge in [-0.3, -0.25) is 4.79 Å². The number of urea groups is 1. The predicted octanol–water partition coefficient (Wildman–Crippen LogP) is 13.0. The molecule has 0 spiro atoms. The van der Waals surface area contributed by atoms with Crippen LogP contribution in [0.3, 0.4) is 0 Å². The largest absolute Gasteiger partial charge is 0.453 e. The maximum atomic E-state index is 14.8. The molecule has 3 aliphatic rings. The second-order valence-electron chi connectivity index (χ2n) is 18.2. The number of amides is 2. The number of aliphatic hydroxyl groups is 2. The molecule has 11 heteroatoms. The molecule has 0 aliphatic heterocycles. The molecule has 2 bridgehead atoms. The fourth-order valence-electron chi connectivity index (χ4n) is 10.1. The van der Waals surface area contributed by atoms with Gasteiger partial charge in [-0.25, -0.2) is 4.79 Å². The number of allylic oxidation sites excluding steroid dienone is 2. The number of nitrogens with one attached hydrogen (secondary N) is 1. The summed E-state index contributed by atoms with van der Waals surface area (Å²) in [6.07, 6.45) is 0.304. The van der Waals surface area contributed by atoms with Crippen LogP contribution in [0, 0.1) is 5.41 Å². The van der Waals surface area contributed by atoms with Crippen molar-refractivity contribution in [3.8, 4) is 11.3 Å².